The molecule has 0 aliphatic carbocycles. The monoisotopic (exact) mass is 306 g/mol. The average Bonchev–Trinajstić information content (AvgIpc) is 3.11. The Hall–Kier alpha value is -1.39. The van der Waals surface area contributed by atoms with Crippen LogP contribution in [0.3, 0.4) is 0 Å². The van der Waals surface area contributed by atoms with E-state index < -0.39 is 0 Å². The van der Waals surface area contributed by atoms with Crippen LogP contribution in [-0.2, 0) is 6.42 Å². The molecule has 2 aromatic rings. The molecular formula is C15H15ClN2OS. The van der Waals surface area contributed by atoms with Gasteiger partial charge in [0, 0.05) is 41.7 Å². The molecule has 0 bridgehead atoms. The molecule has 3 nitrogen and oxygen atoms in total. The fourth-order valence-electron chi connectivity index (χ4n) is 2.56. The number of thiazole rings is 1. The number of carbonyl (C=O) groups is 1. The molecule has 0 radical (unpaired) electrons. The van der Waals surface area contributed by atoms with E-state index in [9.17, 15) is 4.79 Å². The van der Waals surface area contributed by atoms with Crippen molar-refractivity contribution in [2.24, 2.45) is 5.92 Å². The van der Waals surface area contributed by atoms with Crippen LogP contribution in [0.15, 0.2) is 35.8 Å². The lowest BCUT2D eigenvalue weighted by Crippen LogP contribution is -2.28. The average molecular weight is 307 g/mol. The van der Waals surface area contributed by atoms with Gasteiger partial charge in [-0.05, 0) is 36.6 Å². The van der Waals surface area contributed by atoms with E-state index in [0.29, 0.717) is 16.5 Å². The van der Waals surface area contributed by atoms with Crippen molar-refractivity contribution in [3.63, 3.8) is 0 Å². The minimum atomic E-state index is 0.100. The van der Waals surface area contributed by atoms with Crippen LogP contribution < -0.4 is 0 Å². The quantitative estimate of drug-likeness (QED) is 0.869. The van der Waals surface area contributed by atoms with Crippen LogP contribution in [0.5, 0.6) is 0 Å². The number of likely N-dealkylation sites (tertiary alicyclic amines) is 1. The Morgan fingerprint density at radius 1 is 1.40 bits per heavy atom. The Kier molecular flexibility index (Phi) is 4.03. The van der Waals surface area contributed by atoms with Crippen LogP contribution in [-0.4, -0.2) is 28.9 Å². The predicted octanol–water partition coefficient (Wildman–Crippen LogP) is 3.50. The molecule has 1 saturated heterocycles. The Labute approximate surface area is 127 Å². The van der Waals surface area contributed by atoms with Gasteiger partial charge in [-0.1, -0.05) is 11.6 Å². The van der Waals surface area contributed by atoms with Crippen LogP contribution in [0.2, 0.25) is 5.02 Å². The van der Waals surface area contributed by atoms with Gasteiger partial charge in [-0.3, -0.25) is 4.79 Å². The molecular weight excluding hydrogens is 292 g/mol. The van der Waals surface area contributed by atoms with Crippen molar-refractivity contribution in [1.82, 2.24) is 9.88 Å². The number of carbonyl (C=O) groups excluding carboxylic acids is 1. The summed E-state index contributed by atoms with van der Waals surface area (Å²) in [4.78, 5) is 18.6. The first-order valence-electron chi connectivity index (χ1n) is 6.65. The van der Waals surface area contributed by atoms with Gasteiger partial charge in [-0.2, -0.15) is 0 Å². The van der Waals surface area contributed by atoms with Gasteiger partial charge in [-0.25, -0.2) is 4.98 Å². The summed E-state index contributed by atoms with van der Waals surface area (Å²) >= 11 is 7.54. The lowest BCUT2D eigenvalue weighted by atomic mass is 10.1. The van der Waals surface area contributed by atoms with Gasteiger partial charge in [0.25, 0.3) is 5.91 Å². The van der Waals surface area contributed by atoms with Gasteiger partial charge in [0.2, 0.25) is 0 Å². The summed E-state index contributed by atoms with van der Waals surface area (Å²) in [7, 11) is 0. The first kappa shape index (κ1) is 13.6. The van der Waals surface area contributed by atoms with Crippen molar-refractivity contribution in [2.75, 3.05) is 13.1 Å². The number of benzene rings is 1. The summed E-state index contributed by atoms with van der Waals surface area (Å²) in [5.41, 5.74) is 0.712. The molecule has 0 saturated carbocycles. The number of amides is 1. The zero-order valence-corrected chi connectivity index (χ0v) is 12.5. The minimum Gasteiger partial charge on any atom is -0.338 e. The highest BCUT2D eigenvalue weighted by atomic mass is 35.5. The van der Waals surface area contributed by atoms with Crippen molar-refractivity contribution in [2.45, 2.75) is 12.8 Å². The summed E-state index contributed by atoms with van der Waals surface area (Å²) in [6, 6.07) is 7.10. The third-order valence-electron chi connectivity index (χ3n) is 3.61. The molecule has 5 heteroatoms. The largest absolute Gasteiger partial charge is 0.338 e. The maximum absolute atomic E-state index is 12.4. The number of rotatable bonds is 3. The minimum absolute atomic E-state index is 0.100. The Morgan fingerprint density at radius 2 is 2.20 bits per heavy atom. The lowest BCUT2D eigenvalue weighted by Gasteiger charge is -2.16. The van der Waals surface area contributed by atoms with Gasteiger partial charge in [0.1, 0.15) is 0 Å². The second-order valence-electron chi connectivity index (χ2n) is 5.04. The van der Waals surface area contributed by atoms with Crippen molar-refractivity contribution < 1.29 is 4.79 Å². The Morgan fingerprint density at radius 3 is 2.90 bits per heavy atom. The predicted molar refractivity (Wildman–Crippen MR) is 81.3 cm³/mol. The normalized spacial score (nSPS) is 18.4. The Balaban J connectivity index is 1.62. The maximum atomic E-state index is 12.4. The molecule has 0 N–H and O–H groups in total. The second kappa shape index (κ2) is 5.94. The van der Waals surface area contributed by atoms with Crippen LogP contribution in [0.1, 0.15) is 21.8 Å². The van der Waals surface area contributed by atoms with Gasteiger partial charge in [-0.15, -0.1) is 11.3 Å². The number of hydrogen-bond acceptors (Lipinski definition) is 3. The first-order chi connectivity index (χ1) is 9.72. The van der Waals surface area contributed by atoms with E-state index in [0.717, 1.165) is 30.9 Å². The van der Waals surface area contributed by atoms with Crippen LogP contribution in [0, 0.1) is 5.92 Å². The molecule has 1 fully saturated rings. The third kappa shape index (κ3) is 3.02. The molecule has 3 rings (SSSR count). The molecule has 1 aliphatic heterocycles. The lowest BCUT2D eigenvalue weighted by molar-refractivity contribution is 0.0787. The SMILES string of the molecule is O=C(c1ccc(Cl)cc1)N1CC[C@@H](Cc2nccs2)C1. The molecule has 0 spiro atoms. The zero-order valence-electron chi connectivity index (χ0n) is 11.0. The van der Waals surface area contributed by atoms with Crippen LogP contribution >= 0.6 is 22.9 Å². The highest BCUT2D eigenvalue weighted by molar-refractivity contribution is 7.09. The molecule has 2 heterocycles. The first-order valence-corrected chi connectivity index (χ1v) is 7.91. The number of halogens is 1. The second-order valence-corrected chi connectivity index (χ2v) is 6.46. The fourth-order valence-corrected chi connectivity index (χ4v) is 3.42. The molecule has 1 atom stereocenters. The van der Waals surface area contributed by atoms with Crippen LogP contribution in [0.25, 0.3) is 0 Å². The van der Waals surface area contributed by atoms with Gasteiger partial charge < -0.3 is 4.90 Å². The van der Waals surface area contributed by atoms with Gasteiger partial charge >= 0.3 is 0 Å². The molecule has 1 aromatic heterocycles. The third-order valence-corrected chi connectivity index (χ3v) is 4.66. The summed E-state index contributed by atoms with van der Waals surface area (Å²) < 4.78 is 0. The van der Waals surface area contributed by atoms with Crippen molar-refractivity contribution in [3.05, 3.63) is 51.4 Å². The van der Waals surface area contributed by atoms with E-state index in [1.165, 1.54) is 0 Å². The number of nitrogens with zero attached hydrogens (tertiary/aromatic N) is 2. The smallest absolute Gasteiger partial charge is 0.253 e. The highest BCUT2D eigenvalue weighted by Crippen LogP contribution is 2.23. The van der Waals surface area contributed by atoms with E-state index in [2.05, 4.69) is 4.98 Å². The van der Waals surface area contributed by atoms with Crippen molar-refractivity contribution in [1.29, 1.82) is 0 Å². The summed E-state index contributed by atoms with van der Waals surface area (Å²) in [5.74, 6) is 0.626. The maximum Gasteiger partial charge on any atom is 0.253 e. The van der Waals surface area contributed by atoms with Crippen LogP contribution in [0.4, 0.5) is 0 Å². The highest BCUT2D eigenvalue weighted by Gasteiger charge is 2.27. The fraction of sp³-hybridized carbons (Fsp3) is 0.333. The summed E-state index contributed by atoms with van der Waals surface area (Å²) in [5, 5.41) is 3.82. The Bertz CT molecular complexity index is 582. The molecule has 0 unspecified atom stereocenters. The van der Waals surface area contributed by atoms with Gasteiger partial charge in [0.05, 0.1) is 5.01 Å². The van der Waals surface area contributed by atoms with E-state index in [-0.39, 0.29) is 5.91 Å². The van der Waals surface area contributed by atoms with E-state index >= 15 is 0 Å². The molecule has 104 valence electrons. The standard InChI is InChI=1S/C15H15ClN2OS/c16-13-3-1-12(2-4-13)15(19)18-7-5-11(10-18)9-14-17-6-8-20-14/h1-4,6,8,11H,5,7,9-10H2/t11-/m0/s1. The number of aromatic nitrogens is 1. The zero-order chi connectivity index (χ0) is 13.9. The molecule has 1 amide bonds. The van der Waals surface area contributed by atoms with E-state index in [1.807, 2.05) is 16.5 Å². The topological polar surface area (TPSA) is 33.2 Å². The molecule has 1 aromatic carbocycles. The van der Waals surface area contributed by atoms with Gasteiger partial charge in [0.15, 0.2) is 0 Å². The summed E-state index contributed by atoms with van der Waals surface area (Å²) in [6.45, 7) is 1.65. The van der Waals surface area contributed by atoms with E-state index in [1.54, 1.807) is 35.6 Å². The molecule has 20 heavy (non-hydrogen) atoms. The number of hydrogen-bond donors (Lipinski definition) is 0. The van der Waals surface area contributed by atoms with Crippen molar-refractivity contribution >= 4 is 28.8 Å². The van der Waals surface area contributed by atoms with Crippen molar-refractivity contribution in [3.8, 4) is 0 Å². The summed E-state index contributed by atoms with van der Waals surface area (Å²) in [6.07, 6.45) is 3.87. The molecule has 1 aliphatic rings. The van der Waals surface area contributed by atoms with E-state index in [4.69, 9.17) is 11.6 Å².